The summed E-state index contributed by atoms with van der Waals surface area (Å²) < 4.78 is 5.60. The fraction of sp³-hybridized carbons (Fsp3) is 0.600. The molecule has 2 rings (SSSR count). The molecule has 1 unspecified atom stereocenters. The molecule has 0 aromatic carbocycles. The fourth-order valence-electron chi connectivity index (χ4n) is 2.09. The van der Waals surface area contributed by atoms with Crippen molar-refractivity contribution in [3.63, 3.8) is 0 Å². The quantitative estimate of drug-likeness (QED) is 0.572. The lowest BCUT2D eigenvalue weighted by molar-refractivity contribution is -0.142. The van der Waals surface area contributed by atoms with E-state index in [9.17, 15) is 4.79 Å². The normalized spacial score (nSPS) is 50.6. The summed E-state index contributed by atoms with van der Waals surface area (Å²) in [5, 5.41) is 9.03. The number of hydrogen-bond donors (Lipinski definition) is 0. The molecule has 2 aliphatic heterocycles. The zero-order valence-electron chi connectivity index (χ0n) is 8.00. The third-order valence-electron chi connectivity index (χ3n) is 3.06. The Morgan fingerprint density at radius 2 is 2.29 bits per heavy atom. The Morgan fingerprint density at radius 1 is 1.64 bits per heavy atom. The van der Waals surface area contributed by atoms with Gasteiger partial charge in [-0.3, -0.25) is 4.79 Å². The summed E-state index contributed by atoms with van der Waals surface area (Å²) in [6, 6.07) is 2.03. The topological polar surface area (TPSA) is 50.1 Å². The summed E-state index contributed by atoms with van der Waals surface area (Å²) in [4.78, 5) is 10.4. The first-order valence-corrected chi connectivity index (χ1v) is 4.77. The molecule has 74 valence electrons. The van der Waals surface area contributed by atoms with Gasteiger partial charge in [0.25, 0.3) is 0 Å². The van der Waals surface area contributed by atoms with E-state index in [1.54, 1.807) is 19.9 Å². The van der Waals surface area contributed by atoms with Crippen molar-refractivity contribution in [2.75, 3.05) is 0 Å². The SMILES string of the molecule is C[C@]12CC(Cl)(C#N)[C@](C)(C=CC1=O)O2. The average Bonchev–Trinajstić information content (AvgIpc) is 2.28. The van der Waals surface area contributed by atoms with Gasteiger partial charge in [-0.25, -0.2) is 0 Å². The van der Waals surface area contributed by atoms with Gasteiger partial charge in [0, 0.05) is 6.42 Å². The van der Waals surface area contributed by atoms with Crippen molar-refractivity contribution in [1.82, 2.24) is 0 Å². The van der Waals surface area contributed by atoms with E-state index in [1.165, 1.54) is 6.08 Å². The molecule has 3 nitrogen and oxygen atoms in total. The second-order valence-electron chi connectivity index (χ2n) is 4.23. The van der Waals surface area contributed by atoms with Crippen molar-refractivity contribution in [2.24, 2.45) is 0 Å². The highest BCUT2D eigenvalue weighted by atomic mass is 35.5. The maximum atomic E-state index is 11.5. The number of rotatable bonds is 0. The molecule has 0 N–H and O–H groups in total. The van der Waals surface area contributed by atoms with E-state index in [-0.39, 0.29) is 12.2 Å². The maximum absolute atomic E-state index is 11.5. The van der Waals surface area contributed by atoms with Crippen LogP contribution in [0.15, 0.2) is 12.2 Å². The second kappa shape index (κ2) is 2.39. The molecular weight excluding hydrogens is 202 g/mol. The molecule has 4 heteroatoms. The maximum Gasteiger partial charge on any atom is 0.187 e. The number of hydrogen-bond acceptors (Lipinski definition) is 3. The summed E-state index contributed by atoms with van der Waals surface area (Å²) >= 11 is 6.16. The first-order valence-electron chi connectivity index (χ1n) is 4.39. The molecule has 0 aromatic rings. The molecule has 0 spiro atoms. The molecule has 0 aliphatic carbocycles. The number of ketones is 1. The first-order chi connectivity index (χ1) is 6.35. The van der Waals surface area contributed by atoms with Crippen LogP contribution in [0, 0.1) is 11.3 Å². The van der Waals surface area contributed by atoms with Crippen LogP contribution in [0.1, 0.15) is 20.3 Å². The van der Waals surface area contributed by atoms with Crippen LogP contribution >= 0.6 is 11.6 Å². The smallest absolute Gasteiger partial charge is 0.187 e. The number of alkyl halides is 1. The third kappa shape index (κ3) is 0.930. The van der Waals surface area contributed by atoms with Crippen LogP contribution in [-0.2, 0) is 9.53 Å². The largest absolute Gasteiger partial charge is 0.354 e. The molecule has 2 aliphatic rings. The predicted molar refractivity (Wildman–Crippen MR) is 50.9 cm³/mol. The number of carbonyl (C=O) groups excluding carboxylic acids is 1. The minimum atomic E-state index is -1.13. The Bertz CT molecular complexity index is 386. The molecule has 0 saturated carbocycles. The van der Waals surface area contributed by atoms with Crippen molar-refractivity contribution >= 4 is 17.4 Å². The minimum absolute atomic E-state index is 0.118. The summed E-state index contributed by atoms with van der Waals surface area (Å²) in [6.45, 7) is 3.41. The molecule has 2 bridgehead atoms. The molecule has 1 fully saturated rings. The Kier molecular flexibility index (Phi) is 1.65. The zero-order chi connectivity index (χ0) is 10.6. The first kappa shape index (κ1) is 9.70. The van der Waals surface area contributed by atoms with Crippen molar-refractivity contribution in [3.05, 3.63) is 12.2 Å². The summed E-state index contributed by atoms with van der Waals surface area (Å²) in [7, 11) is 0. The second-order valence-corrected chi connectivity index (χ2v) is 4.87. The summed E-state index contributed by atoms with van der Waals surface area (Å²) in [5.41, 5.74) is -1.78. The van der Waals surface area contributed by atoms with E-state index in [2.05, 4.69) is 0 Å². The summed E-state index contributed by atoms with van der Waals surface area (Å²) in [6.07, 6.45) is 3.28. The summed E-state index contributed by atoms with van der Waals surface area (Å²) in [5.74, 6) is -0.118. The van der Waals surface area contributed by atoms with Crippen LogP contribution in [-0.4, -0.2) is 21.9 Å². The number of carbonyl (C=O) groups is 1. The number of nitriles is 1. The molecule has 0 amide bonds. The predicted octanol–water partition coefficient (Wildman–Crippen LogP) is 1.56. The Hall–Kier alpha value is -0.850. The average molecular weight is 212 g/mol. The molecular formula is C10H10ClNO2. The van der Waals surface area contributed by atoms with Crippen LogP contribution in [0.25, 0.3) is 0 Å². The van der Waals surface area contributed by atoms with Gasteiger partial charge in [-0.1, -0.05) is 11.6 Å². The van der Waals surface area contributed by atoms with Gasteiger partial charge in [-0.15, -0.1) is 0 Å². The van der Waals surface area contributed by atoms with Crippen molar-refractivity contribution in [1.29, 1.82) is 5.26 Å². The lowest BCUT2D eigenvalue weighted by Crippen LogP contribution is -2.44. The Balaban J connectivity index is 2.57. The van der Waals surface area contributed by atoms with E-state index in [0.29, 0.717) is 0 Å². The van der Waals surface area contributed by atoms with Gasteiger partial charge >= 0.3 is 0 Å². The van der Waals surface area contributed by atoms with Crippen LogP contribution < -0.4 is 0 Å². The lowest BCUT2D eigenvalue weighted by atomic mass is 9.87. The fourth-order valence-corrected chi connectivity index (χ4v) is 2.45. The Labute approximate surface area is 87.3 Å². The van der Waals surface area contributed by atoms with Gasteiger partial charge in [-0.2, -0.15) is 5.26 Å². The van der Waals surface area contributed by atoms with Crippen molar-refractivity contribution in [2.45, 2.75) is 36.3 Å². The van der Waals surface area contributed by atoms with Crippen LogP contribution in [0.3, 0.4) is 0 Å². The molecule has 3 atom stereocenters. The van der Waals surface area contributed by atoms with E-state index in [1.807, 2.05) is 6.07 Å². The van der Waals surface area contributed by atoms with E-state index in [0.717, 1.165) is 0 Å². The van der Waals surface area contributed by atoms with Gasteiger partial charge in [0.15, 0.2) is 10.7 Å². The number of halogens is 1. The highest BCUT2D eigenvalue weighted by molar-refractivity contribution is 6.28. The van der Waals surface area contributed by atoms with Gasteiger partial charge < -0.3 is 4.74 Å². The third-order valence-corrected chi connectivity index (χ3v) is 3.65. The monoisotopic (exact) mass is 211 g/mol. The molecule has 1 saturated heterocycles. The van der Waals surface area contributed by atoms with Crippen LogP contribution in [0.4, 0.5) is 0 Å². The van der Waals surface area contributed by atoms with E-state index < -0.39 is 16.1 Å². The van der Waals surface area contributed by atoms with E-state index in [4.69, 9.17) is 21.6 Å². The van der Waals surface area contributed by atoms with Gasteiger partial charge in [-0.05, 0) is 26.0 Å². The molecule has 14 heavy (non-hydrogen) atoms. The standard InChI is InChI=1S/C10H10ClNO2/c1-8-5-10(11,6-12)9(2,14-8)4-3-7(8)13/h3-4H,5H2,1-2H3/t8-,9-,10?/m0/s1. The number of ether oxygens (including phenoxy) is 1. The Morgan fingerprint density at radius 3 is 2.79 bits per heavy atom. The molecule has 0 radical (unpaired) electrons. The van der Waals surface area contributed by atoms with Crippen LogP contribution in [0.2, 0.25) is 0 Å². The van der Waals surface area contributed by atoms with Crippen molar-refractivity contribution in [3.8, 4) is 6.07 Å². The van der Waals surface area contributed by atoms with Gasteiger partial charge in [0.2, 0.25) is 0 Å². The van der Waals surface area contributed by atoms with E-state index >= 15 is 0 Å². The van der Waals surface area contributed by atoms with Crippen LogP contribution in [0.5, 0.6) is 0 Å². The lowest BCUT2D eigenvalue weighted by Gasteiger charge is -2.32. The highest BCUT2D eigenvalue weighted by Gasteiger charge is 2.64. The highest BCUT2D eigenvalue weighted by Crippen LogP contribution is 2.52. The van der Waals surface area contributed by atoms with Gasteiger partial charge in [0.05, 0.1) is 6.07 Å². The van der Waals surface area contributed by atoms with Gasteiger partial charge in [0.1, 0.15) is 11.2 Å². The minimum Gasteiger partial charge on any atom is -0.354 e. The zero-order valence-corrected chi connectivity index (χ0v) is 8.76. The molecule has 2 heterocycles. The molecule has 0 aromatic heterocycles. The number of nitrogens with zero attached hydrogens (tertiary/aromatic N) is 1. The number of fused-ring (bicyclic) bond motifs is 2. The van der Waals surface area contributed by atoms with Crippen molar-refractivity contribution < 1.29 is 9.53 Å².